The van der Waals surface area contributed by atoms with Crippen LogP contribution in [-0.4, -0.2) is 0 Å². The van der Waals surface area contributed by atoms with Crippen LogP contribution in [0, 0.1) is 5.92 Å². The highest BCUT2D eigenvalue weighted by molar-refractivity contribution is 9.10. The molecule has 0 saturated heterocycles. The molecule has 0 aliphatic carbocycles. The molecule has 1 nitrogen and oxygen atoms in total. The van der Waals surface area contributed by atoms with Crippen molar-refractivity contribution in [3.8, 4) is 0 Å². The quantitative estimate of drug-likeness (QED) is 0.865. The van der Waals surface area contributed by atoms with Crippen molar-refractivity contribution in [3.63, 3.8) is 0 Å². The summed E-state index contributed by atoms with van der Waals surface area (Å²) in [5.74, 6) is 0.466. The second-order valence-corrected chi connectivity index (χ2v) is 5.28. The van der Waals surface area contributed by atoms with Gasteiger partial charge in [-0.2, -0.15) is 0 Å². The summed E-state index contributed by atoms with van der Waals surface area (Å²) in [5.41, 5.74) is 7.22. The molecule has 0 heterocycles. The lowest BCUT2D eigenvalue weighted by Gasteiger charge is -2.20. The van der Waals surface area contributed by atoms with E-state index in [-0.39, 0.29) is 6.04 Å². The SMILES string of the molecule is CCCC(C)C(N)c1ccc(Br)cc1Cl. The summed E-state index contributed by atoms with van der Waals surface area (Å²) in [7, 11) is 0. The van der Waals surface area contributed by atoms with Crippen molar-refractivity contribution in [1.29, 1.82) is 0 Å². The molecule has 0 bridgehead atoms. The molecule has 0 aliphatic rings. The minimum atomic E-state index is 0.0329. The maximum absolute atomic E-state index is 6.18. The van der Waals surface area contributed by atoms with E-state index < -0.39 is 0 Å². The van der Waals surface area contributed by atoms with Gasteiger partial charge in [0.05, 0.1) is 0 Å². The van der Waals surface area contributed by atoms with Gasteiger partial charge < -0.3 is 5.73 Å². The van der Waals surface area contributed by atoms with Gasteiger partial charge in [-0.15, -0.1) is 0 Å². The molecule has 0 saturated carbocycles. The van der Waals surface area contributed by atoms with Crippen molar-refractivity contribution in [1.82, 2.24) is 0 Å². The van der Waals surface area contributed by atoms with E-state index >= 15 is 0 Å². The summed E-state index contributed by atoms with van der Waals surface area (Å²) >= 11 is 9.55. The molecule has 84 valence electrons. The van der Waals surface area contributed by atoms with Crippen molar-refractivity contribution in [2.75, 3.05) is 0 Å². The summed E-state index contributed by atoms with van der Waals surface area (Å²) in [6, 6.07) is 5.92. The Morgan fingerprint density at radius 2 is 2.13 bits per heavy atom. The van der Waals surface area contributed by atoms with E-state index in [2.05, 4.69) is 29.8 Å². The summed E-state index contributed by atoms with van der Waals surface area (Å²) in [6.07, 6.45) is 2.29. The van der Waals surface area contributed by atoms with Gasteiger partial charge in [-0.25, -0.2) is 0 Å². The third-order valence-electron chi connectivity index (χ3n) is 2.68. The van der Waals surface area contributed by atoms with Gasteiger partial charge in [-0.3, -0.25) is 0 Å². The number of benzene rings is 1. The summed E-state index contributed by atoms with van der Waals surface area (Å²) in [4.78, 5) is 0. The van der Waals surface area contributed by atoms with E-state index in [4.69, 9.17) is 17.3 Å². The number of hydrogen-bond acceptors (Lipinski definition) is 1. The lowest BCUT2D eigenvalue weighted by Crippen LogP contribution is -2.19. The van der Waals surface area contributed by atoms with Crippen molar-refractivity contribution in [2.24, 2.45) is 11.7 Å². The Morgan fingerprint density at radius 1 is 1.47 bits per heavy atom. The Bertz CT molecular complexity index is 327. The maximum Gasteiger partial charge on any atom is 0.0465 e. The number of nitrogens with two attached hydrogens (primary N) is 1. The molecular formula is C12H17BrClN. The number of hydrogen-bond donors (Lipinski definition) is 1. The molecule has 1 aromatic carbocycles. The Labute approximate surface area is 105 Å². The average Bonchev–Trinajstić information content (AvgIpc) is 2.17. The zero-order valence-corrected chi connectivity index (χ0v) is 11.5. The van der Waals surface area contributed by atoms with Crippen LogP contribution < -0.4 is 5.73 Å². The second-order valence-electron chi connectivity index (χ2n) is 3.96. The lowest BCUT2D eigenvalue weighted by atomic mass is 9.92. The zero-order chi connectivity index (χ0) is 11.4. The molecule has 2 unspecified atom stereocenters. The number of halogens is 2. The standard InChI is InChI=1S/C12H17BrClN/c1-3-4-8(2)12(15)10-6-5-9(13)7-11(10)14/h5-8,12H,3-4,15H2,1-2H3. The van der Waals surface area contributed by atoms with E-state index in [1.807, 2.05) is 18.2 Å². The third kappa shape index (κ3) is 3.47. The molecule has 0 aromatic heterocycles. The third-order valence-corrected chi connectivity index (χ3v) is 3.50. The minimum Gasteiger partial charge on any atom is -0.324 e. The van der Waals surface area contributed by atoms with Gasteiger partial charge in [-0.05, 0) is 30.0 Å². The van der Waals surface area contributed by atoms with Crippen LogP contribution >= 0.6 is 27.5 Å². The highest BCUT2D eigenvalue weighted by Crippen LogP contribution is 2.30. The molecule has 0 radical (unpaired) electrons. The Balaban J connectivity index is 2.86. The van der Waals surface area contributed by atoms with Crippen LogP contribution in [0.2, 0.25) is 5.02 Å². The molecule has 0 fully saturated rings. The molecule has 2 atom stereocenters. The van der Waals surface area contributed by atoms with Crippen LogP contribution in [0.4, 0.5) is 0 Å². The smallest absolute Gasteiger partial charge is 0.0465 e. The average molecular weight is 291 g/mol. The summed E-state index contributed by atoms with van der Waals surface area (Å²) < 4.78 is 0.992. The zero-order valence-electron chi connectivity index (χ0n) is 9.13. The van der Waals surface area contributed by atoms with Gasteiger partial charge in [0.2, 0.25) is 0 Å². The normalized spacial score (nSPS) is 15.0. The molecule has 1 aromatic rings. The van der Waals surface area contributed by atoms with Gasteiger partial charge >= 0.3 is 0 Å². The first-order chi connectivity index (χ1) is 7.06. The van der Waals surface area contributed by atoms with Crippen LogP contribution in [0.15, 0.2) is 22.7 Å². The van der Waals surface area contributed by atoms with Gasteiger partial charge in [0.1, 0.15) is 0 Å². The van der Waals surface area contributed by atoms with Gasteiger partial charge in [0, 0.05) is 15.5 Å². The van der Waals surface area contributed by atoms with Crippen LogP contribution in [0.3, 0.4) is 0 Å². The predicted octanol–water partition coefficient (Wildman–Crippen LogP) is 4.54. The first-order valence-corrected chi connectivity index (χ1v) is 6.44. The van der Waals surface area contributed by atoms with Crippen LogP contribution in [-0.2, 0) is 0 Å². The van der Waals surface area contributed by atoms with Gasteiger partial charge in [0.15, 0.2) is 0 Å². The van der Waals surface area contributed by atoms with Gasteiger partial charge in [-0.1, -0.05) is 53.9 Å². The number of rotatable bonds is 4. The molecule has 0 spiro atoms. The second kappa shape index (κ2) is 5.88. The maximum atomic E-state index is 6.18. The van der Waals surface area contributed by atoms with Crippen molar-refractivity contribution in [3.05, 3.63) is 33.3 Å². The van der Waals surface area contributed by atoms with E-state index in [0.29, 0.717) is 5.92 Å². The van der Waals surface area contributed by atoms with Gasteiger partial charge in [0.25, 0.3) is 0 Å². The van der Waals surface area contributed by atoms with Crippen LogP contribution in [0.25, 0.3) is 0 Å². The van der Waals surface area contributed by atoms with Crippen molar-refractivity contribution in [2.45, 2.75) is 32.7 Å². The van der Waals surface area contributed by atoms with E-state index in [9.17, 15) is 0 Å². The summed E-state index contributed by atoms with van der Waals surface area (Å²) in [6.45, 7) is 4.35. The van der Waals surface area contributed by atoms with E-state index in [1.54, 1.807) is 0 Å². The van der Waals surface area contributed by atoms with Crippen molar-refractivity contribution >= 4 is 27.5 Å². The molecular weight excluding hydrogens is 273 g/mol. The first-order valence-electron chi connectivity index (χ1n) is 5.26. The fourth-order valence-electron chi connectivity index (χ4n) is 1.71. The summed E-state index contributed by atoms with van der Waals surface area (Å²) in [5, 5.41) is 0.750. The monoisotopic (exact) mass is 289 g/mol. The van der Waals surface area contributed by atoms with Crippen LogP contribution in [0.5, 0.6) is 0 Å². The fraction of sp³-hybridized carbons (Fsp3) is 0.500. The molecule has 15 heavy (non-hydrogen) atoms. The minimum absolute atomic E-state index is 0.0329. The Morgan fingerprint density at radius 3 is 2.67 bits per heavy atom. The topological polar surface area (TPSA) is 26.0 Å². The highest BCUT2D eigenvalue weighted by Gasteiger charge is 2.16. The Kier molecular flexibility index (Phi) is 5.10. The lowest BCUT2D eigenvalue weighted by molar-refractivity contribution is 0.434. The highest BCUT2D eigenvalue weighted by atomic mass is 79.9. The molecule has 1 rings (SSSR count). The molecule has 3 heteroatoms. The fourth-order valence-corrected chi connectivity index (χ4v) is 2.51. The largest absolute Gasteiger partial charge is 0.324 e. The van der Waals surface area contributed by atoms with E-state index in [1.165, 1.54) is 0 Å². The van der Waals surface area contributed by atoms with Crippen molar-refractivity contribution < 1.29 is 0 Å². The predicted molar refractivity (Wildman–Crippen MR) is 70.2 cm³/mol. The van der Waals surface area contributed by atoms with E-state index in [0.717, 1.165) is 27.9 Å². The molecule has 0 amide bonds. The first kappa shape index (κ1) is 13.0. The molecule has 0 aliphatic heterocycles. The molecule has 2 N–H and O–H groups in total. The Hall–Kier alpha value is -0.0500. The van der Waals surface area contributed by atoms with Crippen LogP contribution in [0.1, 0.15) is 38.3 Å².